The Morgan fingerprint density at radius 3 is 2.62 bits per heavy atom. The minimum Gasteiger partial charge on any atom is -0.337 e. The van der Waals surface area contributed by atoms with Crippen LogP contribution in [-0.2, 0) is 14.8 Å². The van der Waals surface area contributed by atoms with Crippen molar-refractivity contribution < 1.29 is 26.4 Å². The first kappa shape index (κ1) is 18.9. The molecule has 3 aliphatic heterocycles. The Balaban J connectivity index is 1.65. The monoisotopic (exact) mass is 392 g/mol. The summed E-state index contributed by atoms with van der Waals surface area (Å²) < 4.78 is 64.3. The Labute approximate surface area is 149 Å². The zero-order valence-electron chi connectivity index (χ0n) is 13.9. The van der Waals surface area contributed by atoms with E-state index in [4.69, 9.17) is 0 Å². The van der Waals surface area contributed by atoms with Gasteiger partial charge in [-0.3, -0.25) is 9.69 Å². The van der Waals surface area contributed by atoms with Crippen LogP contribution < -0.4 is 0 Å². The number of hydrogen-bond acceptors (Lipinski definition) is 5. The van der Waals surface area contributed by atoms with E-state index in [0.29, 0.717) is 25.1 Å². The van der Waals surface area contributed by atoms with E-state index in [1.54, 1.807) is 11.1 Å². The number of hydrogen-bond donors (Lipinski definition) is 0. The Morgan fingerprint density at radius 1 is 1.12 bits per heavy atom. The van der Waals surface area contributed by atoms with Crippen LogP contribution in [-0.4, -0.2) is 86.1 Å². The summed E-state index contributed by atoms with van der Waals surface area (Å²) in [5, 5.41) is 0. The van der Waals surface area contributed by atoms with Gasteiger partial charge in [0.2, 0.25) is 0 Å². The number of halogens is 3. The smallest absolute Gasteiger partial charge is 0.337 e. The zero-order chi connectivity index (χ0) is 18.9. The average molecular weight is 392 g/mol. The van der Waals surface area contributed by atoms with Gasteiger partial charge >= 0.3 is 6.18 Å². The first-order chi connectivity index (χ1) is 12.1. The first-order valence-corrected chi connectivity index (χ1v) is 9.81. The van der Waals surface area contributed by atoms with Crippen molar-refractivity contribution >= 4 is 21.8 Å². The van der Waals surface area contributed by atoms with Crippen molar-refractivity contribution in [2.45, 2.75) is 12.6 Å². The zero-order valence-corrected chi connectivity index (χ0v) is 14.8. The van der Waals surface area contributed by atoms with Crippen LogP contribution in [0.4, 0.5) is 13.2 Å². The van der Waals surface area contributed by atoms with Crippen molar-refractivity contribution in [2.24, 2.45) is 4.40 Å². The third-order valence-corrected chi connectivity index (χ3v) is 5.51. The number of carbonyl (C=O) groups excluding carboxylic acids is 1. The number of nitrogens with zero attached hydrogens (tertiary/aromatic N) is 4. The topological polar surface area (TPSA) is 73.3 Å². The SMILES string of the molecule is O=C(C1=CN2CCS(=O)(=O)N=C2C=C1)N1CCCN(CC(F)(F)F)CC1. The molecule has 0 atom stereocenters. The van der Waals surface area contributed by atoms with Crippen molar-refractivity contribution in [1.29, 1.82) is 0 Å². The molecule has 3 rings (SSSR count). The minimum atomic E-state index is -4.25. The van der Waals surface area contributed by atoms with E-state index < -0.39 is 22.7 Å². The van der Waals surface area contributed by atoms with Crippen LogP contribution in [0.1, 0.15) is 6.42 Å². The van der Waals surface area contributed by atoms with Gasteiger partial charge in [0, 0.05) is 38.9 Å². The summed E-state index contributed by atoms with van der Waals surface area (Å²) in [6.45, 7) is 0.292. The molecule has 0 bridgehead atoms. The number of sulfonamides is 1. The van der Waals surface area contributed by atoms with Gasteiger partial charge in [-0.25, -0.2) is 8.42 Å². The number of alkyl halides is 3. The standard InChI is InChI=1S/C15H19F3N4O3S/c16-15(17,18)11-20-4-1-5-21(7-6-20)14(23)12-2-3-13-19-26(24,25)9-8-22(13)10-12/h2-3,10H,1,4-9,11H2. The van der Waals surface area contributed by atoms with Crippen LogP contribution in [0.2, 0.25) is 0 Å². The van der Waals surface area contributed by atoms with Gasteiger partial charge in [0.15, 0.2) is 0 Å². The summed E-state index contributed by atoms with van der Waals surface area (Å²) in [6, 6.07) is 0. The normalized spacial score (nSPS) is 23.8. The van der Waals surface area contributed by atoms with E-state index in [-0.39, 0.29) is 37.1 Å². The van der Waals surface area contributed by atoms with Gasteiger partial charge in [-0.1, -0.05) is 0 Å². The van der Waals surface area contributed by atoms with Crippen LogP contribution in [0.15, 0.2) is 28.3 Å². The highest BCUT2D eigenvalue weighted by molar-refractivity contribution is 7.90. The van der Waals surface area contributed by atoms with Crippen LogP contribution in [0.25, 0.3) is 0 Å². The molecule has 0 aromatic rings. The van der Waals surface area contributed by atoms with Gasteiger partial charge < -0.3 is 9.80 Å². The lowest BCUT2D eigenvalue weighted by atomic mass is 10.1. The third kappa shape index (κ3) is 4.64. The molecule has 26 heavy (non-hydrogen) atoms. The molecule has 0 aliphatic carbocycles. The lowest BCUT2D eigenvalue weighted by Gasteiger charge is -2.29. The molecule has 11 heteroatoms. The fourth-order valence-electron chi connectivity index (χ4n) is 3.10. The summed E-state index contributed by atoms with van der Waals surface area (Å²) >= 11 is 0. The Morgan fingerprint density at radius 2 is 1.88 bits per heavy atom. The van der Waals surface area contributed by atoms with Crippen LogP contribution in [0.5, 0.6) is 0 Å². The molecule has 0 unspecified atom stereocenters. The average Bonchev–Trinajstić information content (AvgIpc) is 2.77. The molecular weight excluding hydrogens is 373 g/mol. The third-order valence-electron chi connectivity index (χ3n) is 4.35. The largest absolute Gasteiger partial charge is 0.401 e. The Bertz CT molecular complexity index is 773. The summed E-state index contributed by atoms with van der Waals surface area (Å²) in [7, 11) is -3.46. The van der Waals surface area contributed by atoms with Crippen molar-refractivity contribution in [3.63, 3.8) is 0 Å². The van der Waals surface area contributed by atoms with Gasteiger partial charge in [-0.15, -0.1) is 4.40 Å². The number of amides is 1. The molecule has 3 aliphatic rings. The molecule has 1 saturated heterocycles. The highest BCUT2D eigenvalue weighted by atomic mass is 32.2. The van der Waals surface area contributed by atoms with E-state index in [1.807, 2.05) is 0 Å². The van der Waals surface area contributed by atoms with Crippen LogP contribution in [0, 0.1) is 0 Å². The van der Waals surface area contributed by atoms with Crippen molar-refractivity contribution in [1.82, 2.24) is 14.7 Å². The number of rotatable bonds is 2. The van der Waals surface area contributed by atoms with Crippen LogP contribution in [0.3, 0.4) is 0 Å². The number of amidine groups is 1. The van der Waals surface area contributed by atoms with Gasteiger partial charge in [0.1, 0.15) is 5.84 Å². The number of fused-ring (bicyclic) bond motifs is 1. The van der Waals surface area contributed by atoms with E-state index >= 15 is 0 Å². The summed E-state index contributed by atoms with van der Waals surface area (Å²) in [5.74, 6) is -0.138. The van der Waals surface area contributed by atoms with Gasteiger partial charge in [-0.2, -0.15) is 13.2 Å². The lowest BCUT2D eigenvalue weighted by molar-refractivity contribution is -0.145. The molecule has 0 aromatic heterocycles. The second kappa shape index (κ2) is 7.03. The van der Waals surface area contributed by atoms with E-state index in [2.05, 4.69) is 4.40 Å². The fraction of sp³-hybridized carbons (Fsp3) is 0.600. The van der Waals surface area contributed by atoms with Crippen LogP contribution >= 0.6 is 0 Å². The quantitative estimate of drug-likeness (QED) is 0.688. The predicted octanol–water partition coefficient (Wildman–Crippen LogP) is 0.581. The second-order valence-electron chi connectivity index (χ2n) is 6.38. The van der Waals surface area contributed by atoms with Gasteiger partial charge in [-0.05, 0) is 18.6 Å². The molecule has 0 N–H and O–H groups in total. The molecule has 0 radical (unpaired) electrons. The summed E-state index contributed by atoms with van der Waals surface area (Å²) in [6.07, 6.45) is 0.731. The Hall–Kier alpha value is -1.88. The van der Waals surface area contributed by atoms with Crippen molar-refractivity contribution in [3.8, 4) is 0 Å². The van der Waals surface area contributed by atoms with Crippen molar-refractivity contribution in [2.75, 3.05) is 45.0 Å². The highest BCUT2D eigenvalue weighted by Crippen LogP contribution is 2.20. The molecule has 7 nitrogen and oxygen atoms in total. The maximum absolute atomic E-state index is 12.7. The molecule has 0 spiro atoms. The summed E-state index contributed by atoms with van der Waals surface area (Å²) in [4.78, 5) is 17.1. The van der Waals surface area contributed by atoms with E-state index in [1.165, 1.54) is 22.0 Å². The van der Waals surface area contributed by atoms with Crippen molar-refractivity contribution in [3.05, 3.63) is 23.9 Å². The molecule has 1 fully saturated rings. The predicted molar refractivity (Wildman–Crippen MR) is 88.8 cm³/mol. The minimum absolute atomic E-state index is 0.127. The highest BCUT2D eigenvalue weighted by Gasteiger charge is 2.32. The van der Waals surface area contributed by atoms with Gasteiger partial charge in [0.25, 0.3) is 15.9 Å². The van der Waals surface area contributed by atoms with E-state index in [9.17, 15) is 26.4 Å². The molecular formula is C15H19F3N4O3S. The molecule has 3 heterocycles. The fourth-order valence-corrected chi connectivity index (χ4v) is 4.07. The molecule has 1 amide bonds. The Kier molecular flexibility index (Phi) is 5.11. The van der Waals surface area contributed by atoms with Gasteiger partial charge in [0.05, 0.1) is 17.9 Å². The molecule has 144 valence electrons. The number of carbonyl (C=O) groups is 1. The van der Waals surface area contributed by atoms with E-state index in [0.717, 1.165) is 0 Å². The molecule has 0 aromatic carbocycles. The maximum Gasteiger partial charge on any atom is 0.401 e. The summed E-state index contributed by atoms with van der Waals surface area (Å²) in [5.41, 5.74) is 0.368. The lowest BCUT2D eigenvalue weighted by Crippen LogP contribution is -2.40. The first-order valence-electron chi connectivity index (χ1n) is 8.20. The second-order valence-corrected chi connectivity index (χ2v) is 8.14. The molecule has 0 saturated carbocycles. The maximum atomic E-state index is 12.7.